The molecule has 2 N–H and O–H groups in total. The lowest BCUT2D eigenvalue weighted by molar-refractivity contribution is 0.188. The average Bonchev–Trinajstić information content (AvgIpc) is 2.34. The first-order valence-corrected chi connectivity index (χ1v) is 6.44. The van der Waals surface area contributed by atoms with Crippen molar-refractivity contribution in [2.75, 3.05) is 20.1 Å². The number of nitrogens with one attached hydrogen (secondary N) is 1. The summed E-state index contributed by atoms with van der Waals surface area (Å²) in [5.41, 5.74) is 1.16. The van der Waals surface area contributed by atoms with Gasteiger partial charge in [-0.3, -0.25) is 4.90 Å². The first kappa shape index (κ1) is 12.7. The highest BCUT2D eigenvalue weighted by Gasteiger charge is 2.18. The van der Waals surface area contributed by atoms with Crippen molar-refractivity contribution in [1.82, 2.24) is 10.2 Å². The lowest BCUT2D eigenvalue weighted by Gasteiger charge is -2.32. The topological polar surface area (TPSA) is 35.5 Å². The van der Waals surface area contributed by atoms with Crippen LogP contribution in [0.15, 0.2) is 18.2 Å². The van der Waals surface area contributed by atoms with Gasteiger partial charge in [0, 0.05) is 19.1 Å². The first-order chi connectivity index (χ1) is 8.19. The first-order valence-electron chi connectivity index (χ1n) is 6.06. The number of nitrogens with zero attached hydrogens (tertiary/aromatic N) is 1. The van der Waals surface area contributed by atoms with Crippen LogP contribution in [0.1, 0.15) is 18.4 Å². The van der Waals surface area contributed by atoms with Crippen LogP contribution in [-0.2, 0) is 6.54 Å². The summed E-state index contributed by atoms with van der Waals surface area (Å²) < 4.78 is 0. The van der Waals surface area contributed by atoms with Crippen molar-refractivity contribution in [3.8, 4) is 5.75 Å². The smallest absolute Gasteiger partial charge is 0.134 e. The molecule has 1 unspecified atom stereocenters. The number of phenols is 1. The van der Waals surface area contributed by atoms with E-state index in [0.717, 1.165) is 25.2 Å². The molecule has 0 bridgehead atoms. The Labute approximate surface area is 107 Å². The zero-order chi connectivity index (χ0) is 12.3. The van der Waals surface area contributed by atoms with Gasteiger partial charge >= 0.3 is 0 Å². The standard InChI is InChI=1S/C13H19ClN2O/c1-15-11-3-2-6-16(9-11)8-10-4-5-13(17)12(14)7-10/h4-5,7,11,15,17H,2-3,6,8-9H2,1H3. The van der Waals surface area contributed by atoms with Crippen molar-refractivity contribution in [1.29, 1.82) is 0 Å². The Hall–Kier alpha value is -0.770. The third-order valence-corrected chi connectivity index (χ3v) is 3.63. The summed E-state index contributed by atoms with van der Waals surface area (Å²) in [7, 11) is 2.02. The fraction of sp³-hybridized carbons (Fsp3) is 0.538. The Morgan fingerprint density at radius 2 is 2.35 bits per heavy atom. The summed E-state index contributed by atoms with van der Waals surface area (Å²) in [6, 6.07) is 6.04. The lowest BCUT2D eigenvalue weighted by Crippen LogP contribution is -2.43. The number of aromatic hydroxyl groups is 1. The molecular weight excluding hydrogens is 236 g/mol. The van der Waals surface area contributed by atoms with Crippen LogP contribution >= 0.6 is 11.6 Å². The molecule has 1 heterocycles. The van der Waals surface area contributed by atoms with Crippen LogP contribution in [0, 0.1) is 0 Å². The summed E-state index contributed by atoms with van der Waals surface area (Å²) in [5.74, 6) is 0.155. The number of benzene rings is 1. The van der Waals surface area contributed by atoms with Gasteiger partial charge in [0.1, 0.15) is 5.75 Å². The highest BCUT2D eigenvalue weighted by atomic mass is 35.5. The van der Waals surface area contributed by atoms with Gasteiger partial charge < -0.3 is 10.4 Å². The van der Waals surface area contributed by atoms with E-state index < -0.39 is 0 Å². The van der Waals surface area contributed by atoms with Crippen molar-refractivity contribution in [3.63, 3.8) is 0 Å². The highest BCUT2D eigenvalue weighted by Crippen LogP contribution is 2.24. The van der Waals surface area contributed by atoms with Gasteiger partial charge in [-0.2, -0.15) is 0 Å². The third kappa shape index (κ3) is 3.35. The molecule has 1 atom stereocenters. The molecule has 0 saturated carbocycles. The molecule has 1 fully saturated rings. The van der Waals surface area contributed by atoms with Crippen LogP contribution in [0.5, 0.6) is 5.75 Å². The molecule has 3 nitrogen and oxygen atoms in total. The van der Waals surface area contributed by atoms with Crippen molar-refractivity contribution in [2.24, 2.45) is 0 Å². The number of likely N-dealkylation sites (tertiary alicyclic amines) is 1. The molecule has 0 amide bonds. The van der Waals surface area contributed by atoms with Crippen molar-refractivity contribution in [2.45, 2.75) is 25.4 Å². The van der Waals surface area contributed by atoms with Gasteiger partial charge in [-0.15, -0.1) is 0 Å². The van der Waals surface area contributed by atoms with E-state index >= 15 is 0 Å². The van der Waals surface area contributed by atoms with Gasteiger partial charge in [0.2, 0.25) is 0 Å². The van der Waals surface area contributed by atoms with Gasteiger partial charge in [0.05, 0.1) is 5.02 Å². The van der Waals surface area contributed by atoms with E-state index in [4.69, 9.17) is 11.6 Å². The molecule has 1 aromatic rings. The minimum absolute atomic E-state index is 0.155. The van der Waals surface area contributed by atoms with E-state index in [1.54, 1.807) is 6.07 Å². The number of phenolic OH excluding ortho intramolecular Hbond substituents is 1. The van der Waals surface area contributed by atoms with E-state index in [1.807, 2.05) is 19.2 Å². The van der Waals surface area contributed by atoms with E-state index in [1.165, 1.54) is 12.8 Å². The number of rotatable bonds is 3. The Bertz CT molecular complexity index is 384. The van der Waals surface area contributed by atoms with Crippen LogP contribution in [0.4, 0.5) is 0 Å². The Morgan fingerprint density at radius 3 is 3.06 bits per heavy atom. The molecule has 17 heavy (non-hydrogen) atoms. The normalized spacial score (nSPS) is 21.6. The Balaban J connectivity index is 1.97. The summed E-state index contributed by atoms with van der Waals surface area (Å²) in [5, 5.41) is 13.1. The minimum Gasteiger partial charge on any atom is -0.506 e. The monoisotopic (exact) mass is 254 g/mol. The predicted molar refractivity (Wildman–Crippen MR) is 70.5 cm³/mol. The summed E-state index contributed by atoms with van der Waals surface area (Å²) in [6.07, 6.45) is 2.49. The summed E-state index contributed by atoms with van der Waals surface area (Å²) in [4.78, 5) is 2.42. The van der Waals surface area contributed by atoms with Gasteiger partial charge in [-0.1, -0.05) is 17.7 Å². The maximum absolute atomic E-state index is 9.37. The predicted octanol–water partition coefficient (Wildman–Crippen LogP) is 2.23. The third-order valence-electron chi connectivity index (χ3n) is 3.33. The molecular formula is C13H19ClN2O. The molecule has 0 aromatic heterocycles. The zero-order valence-electron chi connectivity index (χ0n) is 10.1. The minimum atomic E-state index is 0.155. The van der Waals surface area contributed by atoms with E-state index in [9.17, 15) is 5.11 Å². The lowest BCUT2D eigenvalue weighted by atomic mass is 10.1. The number of halogens is 1. The SMILES string of the molecule is CNC1CCCN(Cc2ccc(O)c(Cl)c2)C1. The van der Waals surface area contributed by atoms with Gasteiger partial charge in [-0.25, -0.2) is 0 Å². The fourth-order valence-electron chi connectivity index (χ4n) is 2.34. The average molecular weight is 255 g/mol. The van der Waals surface area contributed by atoms with Crippen molar-refractivity contribution >= 4 is 11.6 Å². The largest absolute Gasteiger partial charge is 0.506 e. The van der Waals surface area contributed by atoms with Crippen LogP contribution < -0.4 is 5.32 Å². The van der Waals surface area contributed by atoms with Gasteiger partial charge in [0.25, 0.3) is 0 Å². The second-order valence-electron chi connectivity index (χ2n) is 4.65. The number of likely N-dealkylation sites (N-methyl/N-ethyl adjacent to an activating group) is 1. The number of hydrogen-bond donors (Lipinski definition) is 2. The fourth-order valence-corrected chi connectivity index (χ4v) is 2.54. The maximum atomic E-state index is 9.37. The Morgan fingerprint density at radius 1 is 1.53 bits per heavy atom. The van der Waals surface area contributed by atoms with Crippen LogP contribution in [-0.4, -0.2) is 36.2 Å². The summed E-state index contributed by atoms with van der Waals surface area (Å²) in [6.45, 7) is 3.11. The van der Waals surface area contributed by atoms with E-state index in [0.29, 0.717) is 11.1 Å². The molecule has 0 radical (unpaired) electrons. The molecule has 4 heteroatoms. The molecule has 94 valence electrons. The number of piperidine rings is 1. The molecule has 2 rings (SSSR count). The quantitative estimate of drug-likeness (QED) is 0.868. The Kier molecular flexibility index (Phi) is 4.26. The maximum Gasteiger partial charge on any atom is 0.134 e. The van der Waals surface area contributed by atoms with E-state index in [-0.39, 0.29) is 5.75 Å². The van der Waals surface area contributed by atoms with Gasteiger partial charge in [0.15, 0.2) is 0 Å². The second-order valence-corrected chi connectivity index (χ2v) is 5.06. The summed E-state index contributed by atoms with van der Waals surface area (Å²) >= 11 is 5.91. The molecule has 0 spiro atoms. The number of hydrogen-bond acceptors (Lipinski definition) is 3. The van der Waals surface area contributed by atoms with Crippen LogP contribution in [0.2, 0.25) is 5.02 Å². The van der Waals surface area contributed by atoms with Crippen LogP contribution in [0.3, 0.4) is 0 Å². The molecule has 1 aliphatic rings. The highest BCUT2D eigenvalue weighted by molar-refractivity contribution is 6.32. The molecule has 1 aliphatic heterocycles. The molecule has 1 aromatic carbocycles. The zero-order valence-corrected chi connectivity index (χ0v) is 10.9. The van der Waals surface area contributed by atoms with E-state index in [2.05, 4.69) is 10.2 Å². The van der Waals surface area contributed by atoms with Crippen LogP contribution in [0.25, 0.3) is 0 Å². The van der Waals surface area contributed by atoms with Crippen molar-refractivity contribution in [3.05, 3.63) is 28.8 Å². The van der Waals surface area contributed by atoms with Crippen molar-refractivity contribution < 1.29 is 5.11 Å². The second kappa shape index (κ2) is 5.71. The molecule has 1 saturated heterocycles. The van der Waals surface area contributed by atoms with Gasteiger partial charge in [-0.05, 0) is 44.1 Å². The molecule has 0 aliphatic carbocycles.